The van der Waals surface area contributed by atoms with Crippen molar-refractivity contribution in [2.75, 3.05) is 18.0 Å². The smallest absolute Gasteiger partial charge is 0.0387 e. The van der Waals surface area contributed by atoms with Gasteiger partial charge in [0.2, 0.25) is 0 Å². The summed E-state index contributed by atoms with van der Waals surface area (Å²) in [4.78, 5) is 2.51. The molecule has 18 heavy (non-hydrogen) atoms. The quantitative estimate of drug-likeness (QED) is 0.819. The molecule has 0 aromatic heterocycles. The summed E-state index contributed by atoms with van der Waals surface area (Å²) in [5.41, 5.74) is 2.99. The minimum atomic E-state index is 0.237. The summed E-state index contributed by atoms with van der Waals surface area (Å²) in [6.07, 6.45) is 0. The molecule has 1 saturated heterocycles. The van der Waals surface area contributed by atoms with E-state index in [2.05, 4.69) is 69.1 Å². The van der Waals surface area contributed by atoms with Crippen molar-refractivity contribution in [3.05, 3.63) is 29.8 Å². The van der Waals surface area contributed by atoms with Gasteiger partial charge in [-0.3, -0.25) is 0 Å². The van der Waals surface area contributed by atoms with E-state index in [1.807, 2.05) is 0 Å². The first-order chi connectivity index (χ1) is 8.38. The fourth-order valence-corrected chi connectivity index (χ4v) is 2.53. The van der Waals surface area contributed by atoms with E-state index in [-0.39, 0.29) is 5.41 Å². The Morgan fingerprint density at radius 3 is 2.28 bits per heavy atom. The monoisotopic (exact) mass is 246 g/mol. The van der Waals surface area contributed by atoms with Gasteiger partial charge in [-0.15, -0.1) is 0 Å². The Bertz CT molecular complexity index is 389. The zero-order valence-electron chi connectivity index (χ0n) is 12.3. The van der Waals surface area contributed by atoms with Gasteiger partial charge in [0.1, 0.15) is 0 Å². The fraction of sp³-hybridized carbons (Fsp3) is 0.625. The predicted octanol–water partition coefficient (Wildman–Crippen LogP) is 3.17. The molecule has 100 valence electrons. The average Bonchev–Trinajstić information content (AvgIpc) is 2.31. The fourth-order valence-electron chi connectivity index (χ4n) is 2.53. The van der Waals surface area contributed by atoms with Crippen LogP contribution in [0.1, 0.15) is 40.2 Å². The number of nitrogens with one attached hydrogen (secondary N) is 1. The lowest BCUT2D eigenvalue weighted by molar-refractivity contribution is 0.425. The highest BCUT2D eigenvalue weighted by atomic mass is 15.2. The van der Waals surface area contributed by atoms with Gasteiger partial charge in [-0.2, -0.15) is 0 Å². The van der Waals surface area contributed by atoms with Crippen molar-refractivity contribution in [3.63, 3.8) is 0 Å². The second-order valence-electron chi connectivity index (χ2n) is 6.61. The van der Waals surface area contributed by atoms with Gasteiger partial charge in [0.25, 0.3) is 0 Å². The van der Waals surface area contributed by atoms with Crippen LogP contribution in [0.5, 0.6) is 0 Å². The summed E-state index contributed by atoms with van der Waals surface area (Å²) in [7, 11) is 0. The third kappa shape index (κ3) is 2.86. The summed E-state index contributed by atoms with van der Waals surface area (Å²) >= 11 is 0. The van der Waals surface area contributed by atoms with E-state index in [0.717, 1.165) is 13.1 Å². The minimum Gasteiger partial charge on any atom is -0.366 e. The van der Waals surface area contributed by atoms with Gasteiger partial charge >= 0.3 is 0 Å². The molecule has 0 saturated carbocycles. The van der Waals surface area contributed by atoms with Crippen LogP contribution in [0, 0.1) is 0 Å². The van der Waals surface area contributed by atoms with E-state index in [1.54, 1.807) is 0 Å². The van der Waals surface area contributed by atoms with Crippen molar-refractivity contribution in [2.24, 2.45) is 0 Å². The highest BCUT2D eigenvalue weighted by molar-refractivity contribution is 5.50. The molecule has 0 amide bonds. The third-order valence-corrected chi connectivity index (χ3v) is 3.83. The first-order valence-corrected chi connectivity index (χ1v) is 6.98. The Labute approximate surface area is 111 Å². The first kappa shape index (κ1) is 13.4. The molecule has 0 radical (unpaired) electrons. The molecule has 1 aliphatic rings. The second kappa shape index (κ2) is 4.93. The summed E-state index contributed by atoms with van der Waals surface area (Å²) < 4.78 is 0. The van der Waals surface area contributed by atoms with Gasteiger partial charge in [0.05, 0.1) is 0 Å². The molecule has 0 aliphatic carbocycles. The van der Waals surface area contributed by atoms with E-state index < -0.39 is 0 Å². The van der Waals surface area contributed by atoms with Gasteiger partial charge < -0.3 is 10.2 Å². The molecule has 1 aromatic carbocycles. The average molecular weight is 246 g/mol. The number of rotatable bonds is 1. The molecule has 2 unspecified atom stereocenters. The molecule has 1 heterocycles. The van der Waals surface area contributed by atoms with Gasteiger partial charge in [-0.25, -0.2) is 0 Å². The van der Waals surface area contributed by atoms with Crippen LogP contribution in [-0.2, 0) is 5.41 Å². The van der Waals surface area contributed by atoms with Crippen molar-refractivity contribution < 1.29 is 0 Å². The van der Waals surface area contributed by atoms with Gasteiger partial charge in [0, 0.05) is 30.9 Å². The molecule has 2 rings (SSSR count). The Morgan fingerprint density at radius 1 is 1.11 bits per heavy atom. The maximum absolute atomic E-state index is 3.53. The number of benzene rings is 1. The number of hydrogen-bond acceptors (Lipinski definition) is 2. The molecular weight excluding hydrogens is 220 g/mol. The maximum Gasteiger partial charge on any atom is 0.0387 e. The number of anilines is 1. The van der Waals surface area contributed by atoms with E-state index in [1.165, 1.54) is 11.3 Å². The van der Waals surface area contributed by atoms with Crippen LogP contribution in [0.25, 0.3) is 0 Å². The number of piperazine rings is 1. The lowest BCUT2D eigenvalue weighted by Gasteiger charge is -2.39. The van der Waals surface area contributed by atoms with Crippen LogP contribution in [-0.4, -0.2) is 25.2 Å². The van der Waals surface area contributed by atoms with Gasteiger partial charge in [0.15, 0.2) is 0 Å². The molecule has 1 aliphatic heterocycles. The van der Waals surface area contributed by atoms with Crippen LogP contribution in [0.3, 0.4) is 0 Å². The third-order valence-electron chi connectivity index (χ3n) is 3.83. The highest BCUT2D eigenvalue weighted by Gasteiger charge is 2.22. The zero-order valence-corrected chi connectivity index (χ0v) is 12.3. The number of nitrogens with zero attached hydrogens (tertiary/aromatic N) is 1. The van der Waals surface area contributed by atoms with Crippen molar-refractivity contribution in [1.82, 2.24) is 5.32 Å². The Morgan fingerprint density at radius 2 is 1.72 bits per heavy atom. The van der Waals surface area contributed by atoms with Crippen LogP contribution < -0.4 is 10.2 Å². The summed E-state index contributed by atoms with van der Waals surface area (Å²) in [6, 6.07) is 10.2. The van der Waals surface area contributed by atoms with E-state index >= 15 is 0 Å². The SMILES string of the molecule is CC1CN(c2ccc(C(C)(C)C)cc2)C(C)CN1. The molecule has 1 fully saturated rings. The number of hydrogen-bond donors (Lipinski definition) is 1. The standard InChI is InChI=1S/C16H26N2/c1-12-11-18(13(2)10-17-12)15-8-6-14(7-9-15)16(3,4)5/h6-9,12-13,17H,10-11H2,1-5H3. The Kier molecular flexibility index (Phi) is 3.67. The maximum atomic E-state index is 3.53. The molecule has 2 atom stereocenters. The van der Waals surface area contributed by atoms with Crippen LogP contribution in [0.2, 0.25) is 0 Å². The van der Waals surface area contributed by atoms with Gasteiger partial charge in [-0.05, 0) is 37.0 Å². The molecular formula is C16H26N2. The van der Waals surface area contributed by atoms with Crippen LogP contribution in [0.15, 0.2) is 24.3 Å². The summed E-state index contributed by atoms with van der Waals surface area (Å²) in [6.45, 7) is 13.5. The van der Waals surface area contributed by atoms with Crippen LogP contribution >= 0.6 is 0 Å². The largest absolute Gasteiger partial charge is 0.366 e. The van der Waals surface area contributed by atoms with Crippen molar-refractivity contribution >= 4 is 5.69 Å². The molecule has 2 heteroatoms. The lowest BCUT2D eigenvalue weighted by atomic mass is 9.87. The van der Waals surface area contributed by atoms with Crippen molar-refractivity contribution in [2.45, 2.75) is 52.1 Å². The van der Waals surface area contributed by atoms with E-state index in [0.29, 0.717) is 12.1 Å². The van der Waals surface area contributed by atoms with E-state index in [4.69, 9.17) is 0 Å². The second-order valence-corrected chi connectivity index (χ2v) is 6.61. The highest BCUT2D eigenvalue weighted by Crippen LogP contribution is 2.26. The first-order valence-electron chi connectivity index (χ1n) is 6.98. The van der Waals surface area contributed by atoms with Crippen molar-refractivity contribution in [1.29, 1.82) is 0 Å². The minimum absolute atomic E-state index is 0.237. The normalized spacial score (nSPS) is 25.3. The molecule has 1 aromatic rings. The van der Waals surface area contributed by atoms with E-state index in [9.17, 15) is 0 Å². The molecule has 1 N–H and O–H groups in total. The summed E-state index contributed by atoms with van der Waals surface area (Å²) in [5, 5.41) is 3.53. The van der Waals surface area contributed by atoms with Crippen LogP contribution in [0.4, 0.5) is 5.69 Å². The Hall–Kier alpha value is -1.02. The topological polar surface area (TPSA) is 15.3 Å². The zero-order chi connectivity index (χ0) is 13.3. The molecule has 2 nitrogen and oxygen atoms in total. The van der Waals surface area contributed by atoms with Gasteiger partial charge in [-0.1, -0.05) is 32.9 Å². The van der Waals surface area contributed by atoms with Crippen molar-refractivity contribution in [3.8, 4) is 0 Å². The molecule has 0 spiro atoms. The molecule has 0 bridgehead atoms. The Balaban J connectivity index is 2.18. The predicted molar refractivity (Wildman–Crippen MR) is 79.4 cm³/mol. The summed E-state index contributed by atoms with van der Waals surface area (Å²) in [5.74, 6) is 0. The lowest BCUT2D eigenvalue weighted by Crippen LogP contribution is -2.54.